The van der Waals surface area contributed by atoms with E-state index >= 15 is 0 Å². The second kappa shape index (κ2) is 4.78. The average molecular weight is 301 g/mol. The summed E-state index contributed by atoms with van der Waals surface area (Å²) in [5.74, 6) is -3.52. The van der Waals surface area contributed by atoms with Crippen molar-refractivity contribution in [2.45, 2.75) is 12.8 Å². The quantitative estimate of drug-likeness (QED) is 0.649. The van der Waals surface area contributed by atoms with E-state index in [4.69, 9.17) is 5.11 Å². The number of aliphatic hydroxyl groups is 1. The van der Waals surface area contributed by atoms with Crippen LogP contribution in [0.3, 0.4) is 0 Å². The van der Waals surface area contributed by atoms with Crippen molar-refractivity contribution in [3.63, 3.8) is 0 Å². The van der Waals surface area contributed by atoms with Crippen molar-refractivity contribution in [2.75, 3.05) is 6.61 Å². The fraction of sp³-hybridized carbons (Fsp3) is 0.312. The molecule has 0 aliphatic heterocycles. The molecule has 2 N–H and O–H groups in total. The monoisotopic (exact) mass is 301 g/mol. The van der Waals surface area contributed by atoms with Crippen molar-refractivity contribution in [3.8, 4) is 0 Å². The van der Waals surface area contributed by atoms with Gasteiger partial charge in [-0.15, -0.1) is 0 Å². The van der Waals surface area contributed by atoms with Gasteiger partial charge in [0, 0.05) is 29.2 Å². The van der Waals surface area contributed by atoms with Gasteiger partial charge in [-0.25, -0.2) is 4.79 Å². The largest absolute Gasteiger partial charge is 0.475 e. The first kappa shape index (κ1) is 14.5. The zero-order valence-corrected chi connectivity index (χ0v) is 12.0. The highest BCUT2D eigenvalue weighted by Gasteiger charge is 2.52. The minimum atomic E-state index is -1.87. The molecule has 0 saturated carbocycles. The van der Waals surface area contributed by atoms with Crippen molar-refractivity contribution in [1.82, 2.24) is 4.57 Å². The van der Waals surface area contributed by atoms with Crippen LogP contribution in [0.5, 0.6) is 0 Å². The molecule has 1 aliphatic carbocycles. The van der Waals surface area contributed by atoms with Crippen LogP contribution in [-0.2, 0) is 23.1 Å². The normalized spacial score (nSPS) is 20.9. The summed E-state index contributed by atoms with van der Waals surface area (Å²) in [6, 6.07) is 7.26. The number of carboxylic acids is 1. The van der Waals surface area contributed by atoms with Crippen LogP contribution in [-0.4, -0.2) is 38.9 Å². The van der Waals surface area contributed by atoms with Gasteiger partial charge in [-0.1, -0.05) is 18.2 Å². The number of carbonyl (C=O) groups excluding carboxylic acids is 2. The third-order valence-electron chi connectivity index (χ3n) is 4.58. The second-order valence-corrected chi connectivity index (χ2v) is 5.60. The minimum Gasteiger partial charge on any atom is -0.475 e. The Morgan fingerprint density at radius 3 is 2.64 bits per heavy atom. The Kier molecular flexibility index (Phi) is 3.14. The maximum absolute atomic E-state index is 12.9. The van der Waals surface area contributed by atoms with E-state index in [2.05, 4.69) is 0 Å². The van der Waals surface area contributed by atoms with Gasteiger partial charge in [0.15, 0.2) is 5.78 Å². The van der Waals surface area contributed by atoms with Gasteiger partial charge in [-0.2, -0.15) is 0 Å². The van der Waals surface area contributed by atoms with Crippen LogP contribution in [0.4, 0.5) is 0 Å². The summed E-state index contributed by atoms with van der Waals surface area (Å²) >= 11 is 0. The number of benzene rings is 1. The number of aromatic nitrogens is 1. The van der Waals surface area contributed by atoms with E-state index in [1.54, 1.807) is 12.1 Å². The molecule has 0 spiro atoms. The number of hydrogen-bond donors (Lipinski definition) is 2. The molecule has 0 saturated heterocycles. The maximum Gasteiger partial charge on any atom is 0.373 e. The number of aryl methyl sites for hydroxylation is 1. The van der Waals surface area contributed by atoms with Gasteiger partial charge in [-0.3, -0.25) is 9.59 Å². The number of ketones is 2. The van der Waals surface area contributed by atoms with E-state index in [-0.39, 0.29) is 6.42 Å². The Morgan fingerprint density at radius 2 is 2.00 bits per heavy atom. The van der Waals surface area contributed by atoms with E-state index in [1.165, 1.54) is 0 Å². The lowest BCUT2D eigenvalue weighted by Crippen LogP contribution is -2.48. The highest BCUT2D eigenvalue weighted by atomic mass is 16.4. The lowest BCUT2D eigenvalue weighted by Gasteiger charge is -2.31. The summed E-state index contributed by atoms with van der Waals surface area (Å²) in [7, 11) is 1.83. The number of aliphatic carboxylic acids is 1. The molecule has 22 heavy (non-hydrogen) atoms. The van der Waals surface area contributed by atoms with Crippen LogP contribution in [0.25, 0.3) is 10.9 Å². The standard InChI is InChI=1S/C16H15NO5/c1-17-10-5-3-2-4-9(10)12-11(17)6-7-16(8-18,13(12)19)14(20)15(21)22/h2-5,18H,6-8H2,1H3,(H,21,22). The van der Waals surface area contributed by atoms with Crippen LogP contribution in [0.15, 0.2) is 24.3 Å². The second-order valence-electron chi connectivity index (χ2n) is 5.60. The molecule has 0 fully saturated rings. The van der Waals surface area contributed by atoms with Crippen LogP contribution >= 0.6 is 0 Å². The molecule has 1 aromatic carbocycles. The molecule has 1 unspecified atom stereocenters. The number of hydrogen-bond acceptors (Lipinski definition) is 4. The fourth-order valence-electron chi connectivity index (χ4n) is 3.32. The van der Waals surface area contributed by atoms with Gasteiger partial charge in [0.05, 0.1) is 6.61 Å². The SMILES string of the molecule is Cn1c2c(c3ccccc31)C(=O)C(CO)(C(=O)C(=O)O)CC2. The van der Waals surface area contributed by atoms with Gasteiger partial charge in [0.25, 0.3) is 5.78 Å². The summed E-state index contributed by atoms with van der Waals surface area (Å²) in [5, 5.41) is 19.3. The van der Waals surface area contributed by atoms with Gasteiger partial charge in [0.2, 0.25) is 0 Å². The highest BCUT2D eigenvalue weighted by molar-refractivity contribution is 6.41. The summed E-state index contributed by atoms with van der Waals surface area (Å²) in [5.41, 5.74) is 0.0991. The molecule has 1 atom stereocenters. The molecule has 2 aromatic rings. The number of fused-ring (bicyclic) bond motifs is 3. The first-order valence-electron chi connectivity index (χ1n) is 6.93. The number of Topliss-reactive ketones (excluding diaryl/α,β-unsaturated/α-hetero) is 2. The fourth-order valence-corrected chi connectivity index (χ4v) is 3.32. The summed E-state index contributed by atoms with van der Waals surface area (Å²) in [6.07, 6.45) is 0.371. The lowest BCUT2D eigenvalue weighted by molar-refractivity contribution is -0.154. The van der Waals surface area contributed by atoms with Gasteiger partial charge >= 0.3 is 5.97 Å². The van der Waals surface area contributed by atoms with Gasteiger partial charge in [0.1, 0.15) is 5.41 Å². The van der Waals surface area contributed by atoms with Crippen molar-refractivity contribution >= 4 is 28.4 Å². The van der Waals surface area contributed by atoms with Crippen molar-refractivity contribution < 1.29 is 24.6 Å². The third-order valence-corrected chi connectivity index (χ3v) is 4.58. The molecule has 6 nitrogen and oxygen atoms in total. The van der Waals surface area contributed by atoms with Crippen LogP contribution in [0, 0.1) is 5.41 Å². The van der Waals surface area contributed by atoms with Crippen molar-refractivity contribution in [2.24, 2.45) is 12.5 Å². The average Bonchev–Trinajstić information content (AvgIpc) is 2.81. The zero-order valence-electron chi connectivity index (χ0n) is 12.0. The smallest absolute Gasteiger partial charge is 0.373 e. The molecule has 1 aliphatic rings. The molecule has 0 bridgehead atoms. The van der Waals surface area contributed by atoms with E-state index in [9.17, 15) is 19.5 Å². The van der Waals surface area contributed by atoms with E-state index in [1.807, 2.05) is 23.7 Å². The lowest BCUT2D eigenvalue weighted by atomic mass is 9.69. The molecule has 0 radical (unpaired) electrons. The van der Waals surface area contributed by atoms with E-state index in [0.717, 1.165) is 11.2 Å². The molecule has 1 aromatic heterocycles. The first-order chi connectivity index (χ1) is 10.4. The Hall–Kier alpha value is -2.47. The van der Waals surface area contributed by atoms with Crippen LogP contribution in [0.1, 0.15) is 22.5 Å². The van der Waals surface area contributed by atoms with Crippen LogP contribution in [0.2, 0.25) is 0 Å². The highest BCUT2D eigenvalue weighted by Crippen LogP contribution is 2.40. The topological polar surface area (TPSA) is 96.6 Å². The predicted octanol–water partition coefficient (Wildman–Crippen LogP) is 0.940. The molecule has 114 valence electrons. The van der Waals surface area contributed by atoms with E-state index in [0.29, 0.717) is 17.4 Å². The Balaban J connectivity index is 2.27. The Morgan fingerprint density at radius 1 is 1.32 bits per heavy atom. The molecule has 0 amide bonds. The van der Waals surface area contributed by atoms with Crippen LogP contribution < -0.4 is 0 Å². The predicted molar refractivity (Wildman–Crippen MR) is 77.7 cm³/mol. The number of rotatable bonds is 3. The van der Waals surface area contributed by atoms with E-state index < -0.39 is 29.6 Å². The molecule has 3 rings (SSSR count). The molecular weight excluding hydrogens is 286 g/mol. The van der Waals surface area contributed by atoms with Crippen molar-refractivity contribution in [1.29, 1.82) is 0 Å². The minimum absolute atomic E-state index is 0.00459. The van der Waals surface area contributed by atoms with Gasteiger partial charge in [-0.05, 0) is 18.9 Å². The summed E-state index contributed by atoms with van der Waals surface area (Å²) in [4.78, 5) is 36.0. The Labute approximate surface area is 126 Å². The number of nitrogens with zero attached hydrogens (tertiary/aromatic N) is 1. The summed E-state index contributed by atoms with van der Waals surface area (Å²) in [6.45, 7) is -0.792. The summed E-state index contributed by atoms with van der Waals surface area (Å²) < 4.78 is 1.88. The molecule has 1 heterocycles. The van der Waals surface area contributed by atoms with Crippen molar-refractivity contribution in [3.05, 3.63) is 35.5 Å². The Bertz CT molecular complexity index is 819. The molecular formula is C16H15NO5. The number of para-hydroxylation sites is 1. The first-order valence-corrected chi connectivity index (χ1v) is 6.93. The zero-order chi connectivity index (χ0) is 16.1. The number of carbonyl (C=O) groups is 3. The number of carboxylic acid groups (broad SMARTS) is 1. The third kappa shape index (κ3) is 1.67. The number of aliphatic hydroxyl groups excluding tert-OH is 1. The maximum atomic E-state index is 12.9. The molecule has 6 heteroatoms. The van der Waals surface area contributed by atoms with Gasteiger partial charge < -0.3 is 14.8 Å².